The lowest BCUT2D eigenvalue weighted by Gasteiger charge is -2.26. The minimum atomic E-state index is -0.324. The molecule has 1 aromatic heterocycles. The summed E-state index contributed by atoms with van der Waals surface area (Å²) in [4.78, 5) is 22.6. The SMILES string of the molecule is O=C1c2c(nc(Oc3cccc(Cl)c3)n2Cc2ccc(F)cc2)N2CCCC2CN1CCCO. The van der Waals surface area contributed by atoms with Crippen LogP contribution in [0.1, 0.15) is 35.3 Å². The van der Waals surface area contributed by atoms with Crippen molar-refractivity contribution in [3.63, 3.8) is 0 Å². The van der Waals surface area contributed by atoms with Crippen LogP contribution in [0.2, 0.25) is 5.02 Å². The van der Waals surface area contributed by atoms with Gasteiger partial charge in [0.15, 0.2) is 11.5 Å². The lowest BCUT2D eigenvalue weighted by Crippen LogP contribution is -2.40. The number of hydrogen-bond acceptors (Lipinski definition) is 5. The average molecular weight is 485 g/mol. The highest BCUT2D eigenvalue weighted by Crippen LogP contribution is 2.37. The monoisotopic (exact) mass is 484 g/mol. The first kappa shape index (κ1) is 22.7. The zero-order valence-corrected chi connectivity index (χ0v) is 19.4. The zero-order chi connectivity index (χ0) is 23.7. The molecule has 5 rings (SSSR count). The van der Waals surface area contributed by atoms with E-state index in [0.29, 0.717) is 41.8 Å². The van der Waals surface area contributed by atoms with Crippen LogP contribution in [0.15, 0.2) is 48.5 Å². The average Bonchev–Trinajstić information content (AvgIpc) is 3.39. The van der Waals surface area contributed by atoms with Gasteiger partial charge in [-0.25, -0.2) is 4.39 Å². The van der Waals surface area contributed by atoms with Crippen molar-refractivity contribution >= 4 is 23.3 Å². The van der Waals surface area contributed by atoms with Crippen LogP contribution >= 0.6 is 11.6 Å². The molecule has 0 spiro atoms. The summed E-state index contributed by atoms with van der Waals surface area (Å²) in [7, 11) is 0. The van der Waals surface area contributed by atoms with Crippen molar-refractivity contribution in [1.29, 1.82) is 0 Å². The number of fused-ring (bicyclic) bond motifs is 3. The molecule has 0 radical (unpaired) electrons. The Morgan fingerprint density at radius 1 is 1.21 bits per heavy atom. The van der Waals surface area contributed by atoms with Gasteiger partial charge < -0.3 is 19.6 Å². The fourth-order valence-electron chi connectivity index (χ4n) is 4.71. The molecule has 2 aliphatic rings. The first-order chi connectivity index (χ1) is 16.5. The number of rotatable bonds is 7. The number of imidazole rings is 1. The number of anilines is 1. The van der Waals surface area contributed by atoms with Gasteiger partial charge in [-0.15, -0.1) is 0 Å². The first-order valence-electron chi connectivity index (χ1n) is 11.5. The summed E-state index contributed by atoms with van der Waals surface area (Å²) in [5.41, 5.74) is 1.26. The van der Waals surface area contributed by atoms with Crippen LogP contribution in [-0.4, -0.2) is 57.7 Å². The highest BCUT2D eigenvalue weighted by Gasteiger charge is 2.40. The van der Waals surface area contributed by atoms with E-state index in [-0.39, 0.29) is 36.9 Å². The number of aliphatic hydroxyl groups is 1. The maximum absolute atomic E-state index is 13.8. The van der Waals surface area contributed by atoms with Crippen LogP contribution in [0.25, 0.3) is 0 Å². The maximum Gasteiger partial charge on any atom is 0.304 e. The number of ether oxygens (including phenoxy) is 1. The molecule has 178 valence electrons. The van der Waals surface area contributed by atoms with E-state index in [1.54, 1.807) is 45.9 Å². The molecule has 0 bridgehead atoms. The molecule has 3 heterocycles. The Morgan fingerprint density at radius 3 is 2.79 bits per heavy atom. The number of carbonyl (C=O) groups excluding carboxylic acids is 1. The topological polar surface area (TPSA) is 70.8 Å². The molecule has 2 aromatic carbocycles. The smallest absolute Gasteiger partial charge is 0.304 e. The molecule has 3 aromatic rings. The molecule has 1 amide bonds. The Hall–Kier alpha value is -3.10. The molecule has 7 nitrogen and oxygen atoms in total. The van der Waals surface area contributed by atoms with Gasteiger partial charge >= 0.3 is 6.01 Å². The van der Waals surface area contributed by atoms with Crippen LogP contribution in [0.4, 0.5) is 10.2 Å². The first-order valence-corrected chi connectivity index (χ1v) is 11.9. The molecule has 9 heteroatoms. The Balaban J connectivity index is 1.62. The van der Waals surface area contributed by atoms with E-state index in [1.807, 2.05) is 0 Å². The summed E-state index contributed by atoms with van der Waals surface area (Å²) in [5, 5.41) is 9.90. The fourth-order valence-corrected chi connectivity index (χ4v) is 4.89. The van der Waals surface area contributed by atoms with E-state index in [2.05, 4.69) is 4.90 Å². The summed E-state index contributed by atoms with van der Waals surface area (Å²) in [6.07, 6.45) is 2.49. The minimum Gasteiger partial charge on any atom is -0.425 e. The lowest BCUT2D eigenvalue weighted by atomic mass is 10.2. The van der Waals surface area contributed by atoms with Crippen molar-refractivity contribution in [3.05, 3.63) is 70.6 Å². The van der Waals surface area contributed by atoms with Gasteiger partial charge in [-0.3, -0.25) is 9.36 Å². The number of hydrogen-bond donors (Lipinski definition) is 1. The molecule has 1 saturated heterocycles. The summed E-state index contributed by atoms with van der Waals surface area (Å²) in [6, 6.07) is 13.6. The van der Waals surface area contributed by atoms with Gasteiger partial charge in [0, 0.05) is 37.3 Å². The zero-order valence-electron chi connectivity index (χ0n) is 18.7. The molecule has 2 aliphatic heterocycles. The maximum atomic E-state index is 13.8. The quantitative estimate of drug-likeness (QED) is 0.540. The van der Waals surface area contributed by atoms with E-state index in [9.17, 15) is 14.3 Å². The normalized spacial score (nSPS) is 17.5. The lowest BCUT2D eigenvalue weighted by molar-refractivity contribution is 0.0732. The Bertz CT molecular complexity index is 1180. The fraction of sp³-hybridized carbons (Fsp3) is 0.360. The van der Waals surface area contributed by atoms with Gasteiger partial charge in [-0.2, -0.15) is 4.98 Å². The second-order valence-corrected chi connectivity index (χ2v) is 9.09. The largest absolute Gasteiger partial charge is 0.425 e. The van der Waals surface area contributed by atoms with E-state index in [1.165, 1.54) is 12.1 Å². The molecular weight excluding hydrogens is 459 g/mol. The molecule has 1 N–H and O–H groups in total. The minimum absolute atomic E-state index is 0.0169. The molecule has 34 heavy (non-hydrogen) atoms. The molecule has 0 aliphatic carbocycles. The number of benzene rings is 2. The van der Waals surface area contributed by atoms with Gasteiger partial charge in [0.1, 0.15) is 11.6 Å². The third kappa shape index (κ3) is 4.48. The van der Waals surface area contributed by atoms with Crippen molar-refractivity contribution in [2.75, 3.05) is 31.1 Å². The second kappa shape index (κ2) is 9.64. The molecule has 1 unspecified atom stereocenters. The predicted octanol–water partition coefficient (Wildman–Crippen LogP) is 4.32. The van der Waals surface area contributed by atoms with Crippen LogP contribution in [0.3, 0.4) is 0 Å². The van der Waals surface area contributed by atoms with E-state index >= 15 is 0 Å². The van der Waals surface area contributed by atoms with E-state index in [4.69, 9.17) is 21.3 Å². The van der Waals surface area contributed by atoms with Crippen molar-refractivity contribution < 1.29 is 19.0 Å². The summed E-state index contributed by atoms with van der Waals surface area (Å²) in [6.45, 7) is 2.17. The third-order valence-corrected chi connectivity index (χ3v) is 6.56. The van der Waals surface area contributed by atoms with Crippen molar-refractivity contribution in [2.45, 2.75) is 31.8 Å². The number of nitrogens with zero attached hydrogens (tertiary/aromatic N) is 4. The highest BCUT2D eigenvalue weighted by molar-refractivity contribution is 6.30. The second-order valence-electron chi connectivity index (χ2n) is 8.66. The summed E-state index contributed by atoms with van der Waals surface area (Å²) in [5.74, 6) is 0.650. The summed E-state index contributed by atoms with van der Waals surface area (Å²) >= 11 is 6.15. The number of amides is 1. The van der Waals surface area contributed by atoms with Gasteiger partial charge in [0.2, 0.25) is 0 Å². The van der Waals surface area contributed by atoms with E-state index < -0.39 is 0 Å². The van der Waals surface area contributed by atoms with Gasteiger partial charge in [0.05, 0.1) is 6.54 Å². The number of carbonyl (C=O) groups is 1. The predicted molar refractivity (Wildman–Crippen MR) is 127 cm³/mol. The summed E-state index contributed by atoms with van der Waals surface area (Å²) < 4.78 is 21.4. The number of halogens is 2. The molecular formula is C25H26ClFN4O3. The van der Waals surface area contributed by atoms with Crippen molar-refractivity contribution in [3.8, 4) is 11.8 Å². The third-order valence-electron chi connectivity index (χ3n) is 6.33. The van der Waals surface area contributed by atoms with Crippen LogP contribution in [-0.2, 0) is 6.54 Å². The van der Waals surface area contributed by atoms with E-state index in [0.717, 1.165) is 24.9 Å². The van der Waals surface area contributed by atoms with Crippen LogP contribution < -0.4 is 9.64 Å². The van der Waals surface area contributed by atoms with Crippen molar-refractivity contribution in [2.24, 2.45) is 0 Å². The number of aliphatic hydroxyl groups excluding tert-OH is 1. The molecule has 1 atom stereocenters. The highest BCUT2D eigenvalue weighted by atomic mass is 35.5. The Labute approximate surface area is 202 Å². The van der Waals surface area contributed by atoms with Crippen molar-refractivity contribution in [1.82, 2.24) is 14.5 Å². The Morgan fingerprint density at radius 2 is 2.03 bits per heavy atom. The standard InChI is InChI=1S/C25H26ClFN4O3/c26-18-4-1-6-21(14-18)34-25-28-23-22(31(25)15-17-7-9-19(27)10-8-17)24(33)29(11-3-13-32)16-20-5-2-12-30(20)23/h1,4,6-10,14,20,32H,2-3,5,11-13,15-16H2. The van der Waals surface area contributed by atoms with Gasteiger partial charge in [-0.1, -0.05) is 29.8 Å². The molecule has 0 saturated carbocycles. The van der Waals surface area contributed by atoms with Gasteiger partial charge in [0.25, 0.3) is 5.91 Å². The number of aromatic nitrogens is 2. The molecule has 1 fully saturated rings. The Kier molecular flexibility index (Phi) is 6.43. The van der Waals surface area contributed by atoms with Crippen LogP contribution in [0.5, 0.6) is 11.8 Å². The van der Waals surface area contributed by atoms with Crippen LogP contribution in [0, 0.1) is 5.82 Å². The van der Waals surface area contributed by atoms with Gasteiger partial charge in [-0.05, 0) is 55.2 Å².